The molecule has 0 saturated heterocycles. The molecule has 2 heterocycles. The lowest BCUT2D eigenvalue weighted by atomic mass is 10.1. The number of esters is 2. The molecule has 10 heteroatoms. The first-order valence-corrected chi connectivity index (χ1v) is 15.8. The topological polar surface area (TPSA) is 139 Å². The van der Waals surface area contributed by atoms with Gasteiger partial charge >= 0.3 is 23.2 Å². The third kappa shape index (κ3) is 8.12. The smallest absolute Gasteiger partial charge is 0.347 e. The molecule has 0 unspecified atom stereocenters. The molecule has 3 aromatic carbocycles. The van der Waals surface area contributed by atoms with Gasteiger partial charge in [0.05, 0.1) is 21.8 Å². The number of nitrogens with zero attached hydrogens (tertiary/aromatic N) is 2. The molecule has 0 radical (unpaired) electrons. The van der Waals surface area contributed by atoms with Gasteiger partial charge in [-0.25, -0.2) is 19.6 Å². The van der Waals surface area contributed by atoms with Gasteiger partial charge in [0.25, 0.3) is 0 Å². The lowest BCUT2D eigenvalue weighted by Crippen LogP contribution is -2.08. The summed E-state index contributed by atoms with van der Waals surface area (Å²) in [5.41, 5.74) is 0.481. The SMILES string of the molecule is CCCCCCC(=O)Oc1ccc2c(=O)oc(-c3ccc(-c4nc5cc(OC(=O)CCCCCC)ccc5c(=O)o4)cc3)nc2c1. The maximum absolute atomic E-state index is 12.7. The van der Waals surface area contributed by atoms with Gasteiger partial charge in [-0.2, -0.15) is 0 Å². The van der Waals surface area contributed by atoms with E-state index in [4.69, 9.17) is 18.3 Å². The van der Waals surface area contributed by atoms with Crippen molar-refractivity contribution in [3.8, 4) is 34.4 Å². The van der Waals surface area contributed by atoms with Crippen LogP contribution in [0.4, 0.5) is 0 Å². The zero-order valence-electron chi connectivity index (χ0n) is 26.0. The average Bonchev–Trinajstić information content (AvgIpc) is 3.05. The summed E-state index contributed by atoms with van der Waals surface area (Å²) < 4.78 is 21.9. The highest BCUT2D eigenvalue weighted by molar-refractivity contribution is 5.83. The highest BCUT2D eigenvalue weighted by Gasteiger charge is 2.15. The standard InChI is InChI=1S/C36H36N2O8/c1-3-5-7-9-11-31(39)43-25-17-19-27-29(21-25)37-33(45-35(27)41)23-13-15-24(16-14-23)34-38-30-22-26(18-20-28(30)36(42)46-34)44-32(40)12-10-8-6-4-2/h13-22H,3-12H2,1-2H3. The van der Waals surface area contributed by atoms with Crippen molar-refractivity contribution in [1.29, 1.82) is 0 Å². The number of aromatic nitrogens is 2. The first kappa shape index (κ1) is 32.3. The second-order valence-corrected chi connectivity index (χ2v) is 11.1. The van der Waals surface area contributed by atoms with Crippen LogP contribution in [0.2, 0.25) is 0 Å². The summed E-state index contributed by atoms with van der Waals surface area (Å²) in [7, 11) is 0. The second kappa shape index (κ2) is 15.2. The van der Waals surface area contributed by atoms with Gasteiger partial charge in [0.2, 0.25) is 11.8 Å². The van der Waals surface area contributed by atoms with Gasteiger partial charge in [-0.15, -0.1) is 0 Å². The molecule has 2 aromatic heterocycles. The van der Waals surface area contributed by atoms with E-state index in [9.17, 15) is 19.2 Å². The maximum Gasteiger partial charge on any atom is 0.347 e. The molecule has 5 rings (SSSR count). The van der Waals surface area contributed by atoms with Gasteiger partial charge in [-0.3, -0.25) is 9.59 Å². The van der Waals surface area contributed by atoms with E-state index in [0.29, 0.717) is 46.5 Å². The largest absolute Gasteiger partial charge is 0.426 e. The van der Waals surface area contributed by atoms with Crippen molar-refractivity contribution in [1.82, 2.24) is 9.97 Å². The molecule has 0 atom stereocenters. The van der Waals surface area contributed by atoms with Crippen LogP contribution in [0, 0.1) is 0 Å². The van der Waals surface area contributed by atoms with E-state index in [0.717, 1.165) is 51.4 Å². The van der Waals surface area contributed by atoms with Crippen LogP contribution in [0.15, 0.2) is 79.1 Å². The van der Waals surface area contributed by atoms with Gasteiger partial charge in [-0.1, -0.05) is 52.4 Å². The van der Waals surface area contributed by atoms with Crippen LogP contribution >= 0.6 is 0 Å². The Labute approximate surface area is 265 Å². The summed E-state index contributed by atoms with van der Waals surface area (Å²) >= 11 is 0. The molecule has 238 valence electrons. The highest BCUT2D eigenvalue weighted by atomic mass is 16.5. The summed E-state index contributed by atoms with van der Waals surface area (Å²) in [6.07, 6.45) is 8.39. The molecule has 46 heavy (non-hydrogen) atoms. The van der Waals surface area contributed by atoms with Gasteiger partial charge < -0.3 is 18.3 Å². The van der Waals surface area contributed by atoms with Gasteiger partial charge in [0.15, 0.2) is 0 Å². The van der Waals surface area contributed by atoms with Crippen LogP contribution in [0.25, 0.3) is 44.7 Å². The minimum absolute atomic E-state index is 0.0705. The minimum atomic E-state index is -0.582. The predicted molar refractivity (Wildman–Crippen MR) is 174 cm³/mol. The van der Waals surface area contributed by atoms with E-state index in [-0.39, 0.29) is 34.5 Å². The molecule has 0 aliphatic rings. The quantitative estimate of drug-likeness (QED) is 0.0684. The van der Waals surface area contributed by atoms with Gasteiger partial charge in [0, 0.05) is 36.1 Å². The first-order valence-electron chi connectivity index (χ1n) is 15.8. The van der Waals surface area contributed by atoms with Gasteiger partial charge in [-0.05, 0) is 61.4 Å². The normalized spacial score (nSPS) is 11.2. The van der Waals surface area contributed by atoms with Crippen molar-refractivity contribution in [2.24, 2.45) is 0 Å². The fourth-order valence-electron chi connectivity index (χ4n) is 4.99. The first-order chi connectivity index (χ1) is 22.3. The summed E-state index contributed by atoms with van der Waals surface area (Å²) in [4.78, 5) is 58.9. The number of carbonyl (C=O) groups excluding carboxylic acids is 2. The van der Waals surface area contributed by atoms with E-state index in [1.54, 1.807) is 48.5 Å². The highest BCUT2D eigenvalue weighted by Crippen LogP contribution is 2.26. The van der Waals surface area contributed by atoms with Crippen LogP contribution in [0.3, 0.4) is 0 Å². The zero-order chi connectivity index (χ0) is 32.5. The van der Waals surface area contributed by atoms with Crippen molar-refractivity contribution < 1.29 is 27.9 Å². The Kier molecular flexibility index (Phi) is 10.7. The summed E-state index contributed by atoms with van der Waals surface area (Å²) in [5, 5.41) is 0.513. The van der Waals surface area contributed by atoms with Crippen molar-refractivity contribution >= 4 is 33.7 Å². The molecule has 0 fully saturated rings. The lowest BCUT2D eigenvalue weighted by molar-refractivity contribution is -0.135. The van der Waals surface area contributed by atoms with Crippen LogP contribution in [0.5, 0.6) is 11.5 Å². The Morgan fingerprint density at radius 3 is 1.39 bits per heavy atom. The molecule has 0 amide bonds. The van der Waals surface area contributed by atoms with E-state index in [1.165, 1.54) is 12.1 Å². The molecule has 0 spiro atoms. The van der Waals surface area contributed by atoms with E-state index in [2.05, 4.69) is 23.8 Å². The number of unbranched alkanes of at least 4 members (excludes halogenated alkanes) is 6. The third-order valence-electron chi connectivity index (χ3n) is 7.51. The number of carbonyl (C=O) groups is 2. The molecule has 0 aliphatic heterocycles. The number of rotatable bonds is 14. The molecule has 10 nitrogen and oxygen atoms in total. The molecule has 5 aromatic rings. The molecule has 0 aliphatic carbocycles. The maximum atomic E-state index is 12.7. The molecular formula is C36H36N2O8. The summed E-state index contributed by atoms with van der Waals surface area (Å²) in [5.74, 6) is 0.0724. The van der Waals surface area contributed by atoms with E-state index >= 15 is 0 Å². The van der Waals surface area contributed by atoms with Crippen LogP contribution in [-0.4, -0.2) is 21.9 Å². The van der Waals surface area contributed by atoms with Crippen molar-refractivity contribution in [3.05, 3.63) is 81.5 Å². The molecule has 0 bridgehead atoms. The monoisotopic (exact) mass is 624 g/mol. The molecule has 0 N–H and O–H groups in total. The van der Waals surface area contributed by atoms with Crippen molar-refractivity contribution in [3.63, 3.8) is 0 Å². The number of fused-ring (bicyclic) bond motifs is 2. The van der Waals surface area contributed by atoms with Crippen LogP contribution in [0.1, 0.15) is 78.1 Å². The third-order valence-corrected chi connectivity index (χ3v) is 7.51. The number of hydrogen-bond donors (Lipinski definition) is 0. The molecule has 0 saturated carbocycles. The average molecular weight is 625 g/mol. The Hall–Kier alpha value is -5.12. The van der Waals surface area contributed by atoms with Crippen LogP contribution < -0.4 is 20.7 Å². The lowest BCUT2D eigenvalue weighted by Gasteiger charge is -2.07. The van der Waals surface area contributed by atoms with Crippen molar-refractivity contribution in [2.75, 3.05) is 0 Å². The fourth-order valence-corrected chi connectivity index (χ4v) is 4.99. The molecular weight excluding hydrogens is 588 g/mol. The zero-order valence-corrected chi connectivity index (χ0v) is 26.0. The summed E-state index contributed by atoms with van der Waals surface area (Å²) in [6, 6.07) is 15.9. The number of hydrogen-bond acceptors (Lipinski definition) is 10. The predicted octanol–water partition coefficient (Wildman–Crippen LogP) is 7.78. The number of benzene rings is 3. The Morgan fingerprint density at radius 1 is 0.587 bits per heavy atom. The van der Waals surface area contributed by atoms with Gasteiger partial charge in [0.1, 0.15) is 11.5 Å². The number of ether oxygens (including phenoxy) is 2. The van der Waals surface area contributed by atoms with E-state index < -0.39 is 11.3 Å². The second-order valence-electron chi connectivity index (χ2n) is 11.1. The summed E-state index contributed by atoms with van der Waals surface area (Å²) in [6.45, 7) is 4.21. The Morgan fingerprint density at radius 2 is 1.00 bits per heavy atom. The fraction of sp³-hybridized carbons (Fsp3) is 0.333. The Balaban J connectivity index is 1.33. The minimum Gasteiger partial charge on any atom is -0.426 e. The van der Waals surface area contributed by atoms with Crippen molar-refractivity contribution in [2.45, 2.75) is 78.1 Å². The Bertz CT molecular complexity index is 1820. The van der Waals surface area contributed by atoms with Crippen LogP contribution in [-0.2, 0) is 9.59 Å². The van der Waals surface area contributed by atoms with E-state index in [1.807, 2.05) is 0 Å².